The zero-order valence-corrected chi connectivity index (χ0v) is 19.6. The van der Waals surface area contributed by atoms with E-state index in [0.717, 1.165) is 0 Å². The van der Waals surface area contributed by atoms with E-state index in [2.05, 4.69) is 10.6 Å². The molecule has 3 amide bonds. The monoisotopic (exact) mass is 463 g/mol. The Morgan fingerprint density at radius 2 is 1.71 bits per heavy atom. The van der Waals surface area contributed by atoms with Gasteiger partial charge in [0.2, 0.25) is 11.8 Å². The molecule has 0 aromatic heterocycles. The molecule has 0 heterocycles. The van der Waals surface area contributed by atoms with Gasteiger partial charge in [0.15, 0.2) is 0 Å². The van der Waals surface area contributed by atoms with Gasteiger partial charge in [-0.05, 0) is 42.8 Å². The molecule has 2 aromatic rings. The zero-order valence-electron chi connectivity index (χ0n) is 18.1. The first kappa shape index (κ1) is 24.7. The molecule has 31 heavy (non-hydrogen) atoms. The van der Waals surface area contributed by atoms with Crippen LogP contribution in [0.3, 0.4) is 0 Å². The average molecular weight is 464 g/mol. The molecule has 0 saturated carbocycles. The lowest BCUT2D eigenvalue weighted by Gasteiger charge is -2.22. The van der Waals surface area contributed by atoms with E-state index >= 15 is 0 Å². The number of carbonyl (C=O) groups excluding carboxylic acids is 3. The number of hydrogen-bond donors (Lipinski definition) is 2. The number of hydrogen-bond acceptors (Lipinski definition) is 3. The molecule has 0 saturated heterocycles. The smallest absolute Gasteiger partial charge is 0.254 e. The molecular weight excluding hydrogens is 437 g/mol. The van der Waals surface area contributed by atoms with Gasteiger partial charge in [-0.2, -0.15) is 0 Å². The van der Waals surface area contributed by atoms with Crippen molar-refractivity contribution in [2.45, 2.75) is 34.1 Å². The van der Waals surface area contributed by atoms with E-state index in [1.807, 2.05) is 27.7 Å². The van der Waals surface area contributed by atoms with Gasteiger partial charge < -0.3 is 15.5 Å². The highest BCUT2D eigenvalue weighted by atomic mass is 35.5. The molecular formula is C23H27Cl2N3O3. The summed E-state index contributed by atoms with van der Waals surface area (Å²) < 4.78 is 0. The summed E-state index contributed by atoms with van der Waals surface area (Å²) >= 11 is 12.1. The summed E-state index contributed by atoms with van der Waals surface area (Å²) in [5.41, 5.74) is 0.731. The highest BCUT2D eigenvalue weighted by Crippen LogP contribution is 2.25. The maximum Gasteiger partial charge on any atom is 0.254 e. The lowest BCUT2D eigenvalue weighted by atomic mass is 9.95. The number of benzene rings is 2. The second kappa shape index (κ2) is 10.6. The Labute approximate surface area is 192 Å². The van der Waals surface area contributed by atoms with Crippen LogP contribution in [0.15, 0.2) is 42.5 Å². The fourth-order valence-corrected chi connectivity index (χ4v) is 3.05. The average Bonchev–Trinajstić information content (AvgIpc) is 2.69. The molecule has 0 unspecified atom stereocenters. The van der Waals surface area contributed by atoms with Gasteiger partial charge in [-0.25, -0.2) is 0 Å². The van der Waals surface area contributed by atoms with E-state index in [1.54, 1.807) is 42.5 Å². The summed E-state index contributed by atoms with van der Waals surface area (Å²) in [4.78, 5) is 39.3. The summed E-state index contributed by atoms with van der Waals surface area (Å²) in [6.07, 6.45) is 0.678. The van der Waals surface area contributed by atoms with Crippen molar-refractivity contribution in [2.75, 3.05) is 23.7 Å². The third kappa shape index (κ3) is 7.26. The van der Waals surface area contributed by atoms with Crippen molar-refractivity contribution >= 4 is 52.3 Å². The van der Waals surface area contributed by atoms with Gasteiger partial charge in [-0.15, -0.1) is 0 Å². The van der Waals surface area contributed by atoms with Crippen molar-refractivity contribution in [3.63, 3.8) is 0 Å². The molecule has 0 aliphatic heterocycles. The number of nitrogens with zero attached hydrogens (tertiary/aromatic N) is 1. The Kier molecular flexibility index (Phi) is 8.48. The topological polar surface area (TPSA) is 78.5 Å². The molecule has 0 radical (unpaired) electrons. The van der Waals surface area contributed by atoms with Crippen molar-refractivity contribution in [3.05, 3.63) is 58.1 Å². The summed E-state index contributed by atoms with van der Waals surface area (Å²) in [5, 5.41) is 6.31. The third-order valence-corrected chi connectivity index (χ3v) is 4.93. The minimum Gasteiger partial charge on any atom is -0.329 e. The van der Waals surface area contributed by atoms with Crippen LogP contribution in [-0.2, 0) is 9.59 Å². The fraction of sp³-hybridized carbons (Fsp3) is 0.348. The number of halogens is 2. The Morgan fingerprint density at radius 3 is 2.35 bits per heavy atom. The van der Waals surface area contributed by atoms with Crippen LogP contribution in [-0.4, -0.2) is 35.7 Å². The molecule has 2 N–H and O–H groups in total. The van der Waals surface area contributed by atoms with Crippen LogP contribution in [0.4, 0.5) is 11.4 Å². The SMILES string of the molecule is CCCN(CC(=O)Nc1cc(Cl)ccc1Cl)C(=O)c1cccc(NC(=O)C(C)(C)C)c1. The number of amides is 3. The minimum absolute atomic E-state index is 0.145. The maximum atomic E-state index is 13.1. The van der Waals surface area contributed by atoms with E-state index in [9.17, 15) is 14.4 Å². The standard InChI is InChI=1S/C23H27Cl2N3O3/c1-5-11-28(14-20(29)27-19-13-16(24)9-10-18(19)25)21(30)15-7-6-8-17(12-15)26-22(31)23(2,3)4/h6-10,12-13H,5,11,14H2,1-4H3,(H,26,31)(H,27,29). The maximum absolute atomic E-state index is 13.1. The molecule has 0 aliphatic rings. The highest BCUT2D eigenvalue weighted by Gasteiger charge is 2.23. The summed E-state index contributed by atoms with van der Waals surface area (Å²) in [6.45, 7) is 7.61. The lowest BCUT2D eigenvalue weighted by Crippen LogP contribution is -2.38. The number of carbonyl (C=O) groups is 3. The van der Waals surface area contributed by atoms with E-state index in [4.69, 9.17) is 23.2 Å². The van der Waals surface area contributed by atoms with Gasteiger partial charge in [0.25, 0.3) is 5.91 Å². The molecule has 8 heteroatoms. The van der Waals surface area contributed by atoms with Crippen LogP contribution in [0.25, 0.3) is 0 Å². The van der Waals surface area contributed by atoms with Crippen LogP contribution >= 0.6 is 23.2 Å². The van der Waals surface area contributed by atoms with Crippen molar-refractivity contribution in [1.29, 1.82) is 0 Å². The highest BCUT2D eigenvalue weighted by molar-refractivity contribution is 6.35. The summed E-state index contributed by atoms with van der Waals surface area (Å²) in [5.74, 6) is -0.843. The number of rotatable bonds is 7. The van der Waals surface area contributed by atoms with E-state index < -0.39 is 5.41 Å². The number of anilines is 2. The normalized spacial score (nSPS) is 11.0. The Bertz CT molecular complexity index is 971. The Balaban J connectivity index is 2.14. The van der Waals surface area contributed by atoms with E-state index in [-0.39, 0.29) is 24.3 Å². The second-order valence-electron chi connectivity index (χ2n) is 8.18. The van der Waals surface area contributed by atoms with E-state index in [0.29, 0.717) is 39.9 Å². The third-order valence-electron chi connectivity index (χ3n) is 4.37. The van der Waals surface area contributed by atoms with Crippen LogP contribution < -0.4 is 10.6 Å². The first-order valence-corrected chi connectivity index (χ1v) is 10.7. The van der Waals surface area contributed by atoms with Gasteiger partial charge in [-0.3, -0.25) is 14.4 Å². The first-order chi connectivity index (χ1) is 14.5. The Hall–Kier alpha value is -2.57. The first-order valence-electron chi connectivity index (χ1n) is 9.97. The molecule has 0 aliphatic carbocycles. The molecule has 166 valence electrons. The summed E-state index contributed by atoms with van der Waals surface area (Å²) in [6, 6.07) is 11.4. The van der Waals surface area contributed by atoms with E-state index in [1.165, 1.54) is 4.90 Å². The molecule has 0 fully saturated rings. The predicted octanol–water partition coefficient (Wildman–Crippen LogP) is 5.47. The van der Waals surface area contributed by atoms with Crippen molar-refractivity contribution in [1.82, 2.24) is 4.90 Å². The molecule has 2 rings (SSSR count). The number of nitrogens with one attached hydrogen (secondary N) is 2. The minimum atomic E-state index is -0.562. The predicted molar refractivity (Wildman–Crippen MR) is 126 cm³/mol. The van der Waals surface area contributed by atoms with Crippen molar-refractivity contribution in [2.24, 2.45) is 5.41 Å². The molecule has 6 nitrogen and oxygen atoms in total. The van der Waals surface area contributed by atoms with Crippen LogP contribution in [0.5, 0.6) is 0 Å². The van der Waals surface area contributed by atoms with Gasteiger partial charge in [-0.1, -0.05) is 57.0 Å². The molecule has 0 atom stereocenters. The lowest BCUT2D eigenvalue weighted by molar-refractivity contribution is -0.123. The van der Waals surface area contributed by atoms with Crippen LogP contribution in [0.1, 0.15) is 44.5 Å². The second-order valence-corrected chi connectivity index (χ2v) is 9.03. The molecule has 2 aromatic carbocycles. The van der Waals surface area contributed by atoms with Gasteiger partial charge >= 0.3 is 0 Å². The quantitative estimate of drug-likeness (QED) is 0.571. The summed E-state index contributed by atoms with van der Waals surface area (Å²) in [7, 11) is 0. The van der Waals surface area contributed by atoms with Crippen molar-refractivity contribution in [3.8, 4) is 0 Å². The molecule has 0 bridgehead atoms. The van der Waals surface area contributed by atoms with Crippen molar-refractivity contribution < 1.29 is 14.4 Å². The van der Waals surface area contributed by atoms with Gasteiger partial charge in [0, 0.05) is 28.2 Å². The molecule has 0 spiro atoms. The van der Waals surface area contributed by atoms with Crippen LogP contribution in [0.2, 0.25) is 10.0 Å². The van der Waals surface area contributed by atoms with Crippen LogP contribution in [0, 0.1) is 5.41 Å². The van der Waals surface area contributed by atoms with Gasteiger partial charge in [0.05, 0.1) is 10.7 Å². The Morgan fingerprint density at radius 1 is 1.00 bits per heavy atom. The largest absolute Gasteiger partial charge is 0.329 e. The fourth-order valence-electron chi connectivity index (χ4n) is 2.71. The zero-order chi connectivity index (χ0) is 23.2. The van der Waals surface area contributed by atoms with Gasteiger partial charge in [0.1, 0.15) is 6.54 Å².